The highest BCUT2D eigenvalue weighted by molar-refractivity contribution is 6.62. The van der Waals surface area contributed by atoms with E-state index in [0.29, 0.717) is 16.6 Å². The average Bonchev–Trinajstić information content (AvgIpc) is 3.21. The second-order valence-corrected chi connectivity index (χ2v) is 10.3. The van der Waals surface area contributed by atoms with Crippen LogP contribution in [0.25, 0.3) is 0 Å². The minimum absolute atomic E-state index is 0.220. The zero-order valence-electron chi connectivity index (χ0n) is 19.2. The van der Waals surface area contributed by atoms with E-state index in [1.54, 1.807) is 23.5 Å². The molecule has 4 N–H and O–H groups in total. The topological polar surface area (TPSA) is 128 Å². The van der Waals surface area contributed by atoms with Crippen molar-refractivity contribution >= 4 is 30.4 Å². The third-order valence-corrected chi connectivity index (χ3v) is 7.73. The van der Waals surface area contributed by atoms with E-state index in [9.17, 15) is 32.7 Å². The monoisotopic (exact) mass is 482 g/mol. The third-order valence-electron chi connectivity index (χ3n) is 7.73. The molecule has 4 atom stereocenters. The molecule has 184 valence electrons. The molecule has 1 aliphatic heterocycles. The average molecular weight is 482 g/mol. The van der Waals surface area contributed by atoms with Gasteiger partial charge in [0.05, 0.1) is 17.1 Å². The molecule has 0 spiro atoms. The number of primary amides is 1. The Labute approximate surface area is 194 Å². The summed E-state index contributed by atoms with van der Waals surface area (Å²) in [6.45, 7) is 7.64. The van der Waals surface area contributed by atoms with E-state index in [1.165, 1.54) is 0 Å². The van der Waals surface area contributed by atoms with Crippen LogP contribution in [0.4, 0.5) is 13.2 Å². The van der Waals surface area contributed by atoms with Crippen LogP contribution in [0.5, 0.6) is 0 Å². The SMILES string of the molecule is CC1(C)OB(c2ccc3c(c2)CC(C2CC2(NC(=O)C(F)(F)F)C(=O)O)C3C(N)=O)OC1(C)C. The lowest BCUT2D eigenvalue weighted by Crippen LogP contribution is -2.51. The highest BCUT2D eigenvalue weighted by Gasteiger charge is 2.68. The van der Waals surface area contributed by atoms with E-state index >= 15 is 0 Å². The molecule has 2 aliphatic carbocycles. The van der Waals surface area contributed by atoms with Crippen LogP contribution in [-0.2, 0) is 30.1 Å². The van der Waals surface area contributed by atoms with Gasteiger partial charge in [-0.05, 0) is 69.0 Å². The second-order valence-electron chi connectivity index (χ2n) is 10.3. The molecular formula is C22H26BF3N2O6. The van der Waals surface area contributed by atoms with Gasteiger partial charge in [-0.1, -0.05) is 18.2 Å². The summed E-state index contributed by atoms with van der Waals surface area (Å²) in [4.78, 5) is 35.7. The van der Waals surface area contributed by atoms with E-state index in [4.69, 9.17) is 15.0 Å². The van der Waals surface area contributed by atoms with Gasteiger partial charge in [0.1, 0.15) is 5.54 Å². The number of hydrogen-bond donors (Lipinski definition) is 3. The van der Waals surface area contributed by atoms with Crippen LogP contribution in [-0.4, -0.2) is 52.9 Å². The van der Waals surface area contributed by atoms with E-state index in [1.807, 2.05) is 27.7 Å². The number of fused-ring (bicyclic) bond motifs is 1. The van der Waals surface area contributed by atoms with Gasteiger partial charge in [-0.2, -0.15) is 13.2 Å². The molecule has 8 nitrogen and oxygen atoms in total. The van der Waals surface area contributed by atoms with Crippen LogP contribution in [0.15, 0.2) is 18.2 Å². The molecule has 2 fully saturated rings. The number of carboxylic acid groups (broad SMARTS) is 1. The molecule has 0 radical (unpaired) electrons. The molecule has 1 saturated carbocycles. The van der Waals surface area contributed by atoms with Crippen LogP contribution in [0.2, 0.25) is 0 Å². The molecule has 1 saturated heterocycles. The van der Waals surface area contributed by atoms with Crippen molar-refractivity contribution in [2.24, 2.45) is 17.6 Å². The van der Waals surface area contributed by atoms with Crippen LogP contribution in [0.3, 0.4) is 0 Å². The number of hydrogen-bond acceptors (Lipinski definition) is 5. The van der Waals surface area contributed by atoms with Gasteiger partial charge < -0.3 is 25.5 Å². The first-order valence-electron chi connectivity index (χ1n) is 10.9. The van der Waals surface area contributed by atoms with Crippen LogP contribution < -0.4 is 16.5 Å². The smallest absolute Gasteiger partial charge is 0.479 e. The Bertz CT molecular complexity index is 1060. The van der Waals surface area contributed by atoms with Crippen LogP contribution in [0.1, 0.15) is 51.2 Å². The summed E-state index contributed by atoms with van der Waals surface area (Å²) in [5.41, 5.74) is 4.41. The summed E-state index contributed by atoms with van der Waals surface area (Å²) in [7, 11) is -0.661. The molecule has 4 unspecified atom stereocenters. The number of halogens is 3. The maximum atomic E-state index is 12.8. The van der Waals surface area contributed by atoms with Gasteiger partial charge in [-0.15, -0.1) is 0 Å². The minimum Gasteiger partial charge on any atom is -0.479 e. The van der Waals surface area contributed by atoms with Crippen LogP contribution in [0, 0.1) is 11.8 Å². The lowest BCUT2D eigenvalue weighted by Gasteiger charge is -2.32. The molecule has 3 aliphatic rings. The Morgan fingerprint density at radius 3 is 2.24 bits per heavy atom. The zero-order chi connectivity index (χ0) is 25.4. The maximum absolute atomic E-state index is 12.8. The van der Waals surface area contributed by atoms with Gasteiger partial charge in [0.25, 0.3) is 0 Å². The highest BCUT2D eigenvalue weighted by Crippen LogP contribution is 2.56. The summed E-state index contributed by atoms with van der Waals surface area (Å²) in [5, 5.41) is 11.3. The third kappa shape index (κ3) is 3.76. The van der Waals surface area contributed by atoms with Crippen molar-refractivity contribution in [1.29, 1.82) is 0 Å². The first-order chi connectivity index (χ1) is 15.5. The molecule has 1 heterocycles. The van der Waals surface area contributed by atoms with Crippen LogP contribution >= 0.6 is 0 Å². The van der Waals surface area contributed by atoms with Crippen molar-refractivity contribution in [1.82, 2.24) is 5.32 Å². The van der Waals surface area contributed by atoms with Crippen molar-refractivity contribution in [2.45, 2.75) is 69.4 Å². The number of alkyl halides is 3. The standard InChI is InChI=1S/C22H26BF3N2O6/c1-19(2)20(3,4)34-23(33-19)11-5-6-12-10(7-11)8-13(15(12)16(27)29)14-9-21(14,18(31)32)28-17(30)22(24,25)26/h5-7,13-15H,8-9H2,1-4H3,(H2,27,29)(H,28,30)(H,31,32). The van der Waals surface area contributed by atoms with Gasteiger partial charge in [0.2, 0.25) is 5.91 Å². The summed E-state index contributed by atoms with van der Waals surface area (Å²) in [5.74, 6) is -7.07. The van der Waals surface area contributed by atoms with Gasteiger partial charge in [-0.25, -0.2) is 4.79 Å². The number of carbonyl (C=O) groups is 3. The Morgan fingerprint density at radius 1 is 1.15 bits per heavy atom. The molecule has 1 aromatic carbocycles. The van der Waals surface area contributed by atoms with E-state index in [0.717, 1.165) is 0 Å². The van der Waals surface area contributed by atoms with E-state index < -0.39 is 65.6 Å². The molecular weight excluding hydrogens is 456 g/mol. The number of carboxylic acids is 1. The number of nitrogens with two attached hydrogens (primary N) is 1. The van der Waals surface area contributed by atoms with Crippen molar-refractivity contribution in [3.63, 3.8) is 0 Å². The summed E-state index contributed by atoms with van der Waals surface area (Å²) in [6.07, 6.45) is -5.23. The van der Waals surface area contributed by atoms with Crippen molar-refractivity contribution < 1.29 is 42.0 Å². The minimum atomic E-state index is -5.23. The lowest BCUT2D eigenvalue weighted by atomic mass is 9.77. The maximum Gasteiger partial charge on any atom is 0.494 e. The molecule has 2 amide bonds. The molecule has 34 heavy (non-hydrogen) atoms. The first-order valence-corrected chi connectivity index (χ1v) is 10.9. The van der Waals surface area contributed by atoms with Gasteiger partial charge >= 0.3 is 25.2 Å². The largest absolute Gasteiger partial charge is 0.494 e. The molecule has 1 aromatic rings. The van der Waals surface area contributed by atoms with Gasteiger partial charge in [0.15, 0.2) is 0 Å². The molecule has 4 rings (SSSR count). The number of benzene rings is 1. The summed E-state index contributed by atoms with van der Waals surface area (Å²) >= 11 is 0. The number of carbonyl (C=O) groups excluding carboxylic acids is 2. The lowest BCUT2D eigenvalue weighted by molar-refractivity contribution is -0.176. The number of aliphatic carboxylic acids is 1. The Hall–Kier alpha value is -2.60. The predicted molar refractivity (Wildman–Crippen MR) is 114 cm³/mol. The number of rotatable bonds is 5. The summed E-state index contributed by atoms with van der Waals surface area (Å²) < 4.78 is 50.5. The van der Waals surface area contributed by atoms with E-state index in [-0.39, 0.29) is 12.8 Å². The van der Waals surface area contributed by atoms with Crippen molar-refractivity contribution in [2.75, 3.05) is 0 Å². The van der Waals surface area contributed by atoms with Crippen molar-refractivity contribution in [3.8, 4) is 0 Å². The Morgan fingerprint density at radius 2 is 1.74 bits per heavy atom. The Balaban J connectivity index is 1.61. The fourth-order valence-electron chi connectivity index (χ4n) is 5.09. The number of amides is 2. The first kappa shape index (κ1) is 24.5. The summed E-state index contributed by atoms with van der Waals surface area (Å²) in [6, 6.07) is 5.23. The van der Waals surface area contributed by atoms with Gasteiger partial charge in [0, 0.05) is 0 Å². The van der Waals surface area contributed by atoms with Crippen molar-refractivity contribution in [3.05, 3.63) is 29.3 Å². The Kier molecular flexibility index (Phi) is 5.37. The fourth-order valence-corrected chi connectivity index (χ4v) is 5.09. The molecule has 0 aromatic heterocycles. The van der Waals surface area contributed by atoms with Gasteiger partial charge in [-0.3, -0.25) is 9.59 Å². The predicted octanol–water partition coefficient (Wildman–Crippen LogP) is 1.25. The molecule has 0 bridgehead atoms. The molecule has 12 heteroatoms. The number of nitrogens with one attached hydrogen (secondary N) is 1. The highest BCUT2D eigenvalue weighted by atomic mass is 19.4. The second kappa shape index (κ2) is 7.45. The fraction of sp³-hybridized carbons (Fsp3) is 0.591. The zero-order valence-corrected chi connectivity index (χ0v) is 19.2. The quantitative estimate of drug-likeness (QED) is 0.543. The normalized spacial score (nSPS) is 31.1. The van der Waals surface area contributed by atoms with E-state index in [2.05, 4.69) is 0 Å².